The second kappa shape index (κ2) is 3.83. The maximum Gasteiger partial charge on any atom is 0.228 e. The number of halogens is 1. The predicted octanol–water partition coefficient (Wildman–Crippen LogP) is 3.68. The Morgan fingerprint density at radius 2 is 1.94 bits per heavy atom. The summed E-state index contributed by atoms with van der Waals surface area (Å²) in [5.41, 5.74) is 0.909. The molecule has 2 nitrogen and oxygen atoms in total. The zero-order chi connectivity index (χ0) is 12.3. The summed E-state index contributed by atoms with van der Waals surface area (Å²) < 4.78 is 1.01. The topological polar surface area (TPSA) is 29.1 Å². The lowest BCUT2D eigenvalue weighted by Crippen LogP contribution is -2.18. The van der Waals surface area contributed by atoms with E-state index in [9.17, 15) is 4.79 Å². The van der Waals surface area contributed by atoms with Crippen LogP contribution in [-0.4, -0.2) is 5.91 Å². The summed E-state index contributed by atoms with van der Waals surface area (Å²) in [6.45, 7) is 0. The Labute approximate surface area is 115 Å². The monoisotopic (exact) mass is 305 g/mol. The minimum absolute atomic E-state index is 0.250. The van der Waals surface area contributed by atoms with Crippen LogP contribution in [0.25, 0.3) is 0 Å². The van der Waals surface area contributed by atoms with E-state index in [1.165, 1.54) is 19.3 Å². The number of carbonyl (C=O) groups excluding carboxylic acids is 1. The molecule has 3 saturated carbocycles. The molecule has 0 aliphatic heterocycles. The van der Waals surface area contributed by atoms with Crippen molar-refractivity contribution in [1.29, 1.82) is 0 Å². The summed E-state index contributed by atoms with van der Waals surface area (Å²) in [7, 11) is 0. The lowest BCUT2D eigenvalue weighted by atomic mass is 10.0. The van der Waals surface area contributed by atoms with Gasteiger partial charge in [0, 0.05) is 16.1 Å². The van der Waals surface area contributed by atoms with Gasteiger partial charge in [-0.3, -0.25) is 4.79 Å². The molecular weight excluding hydrogens is 290 g/mol. The lowest BCUT2D eigenvalue weighted by Gasteiger charge is -2.09. The molecule has 0 aromatic heterocycles. The van der Waals surface area contributed by atoms with Gasteiger partial charge in [0.05, 0.1) is 0 Å². The van der Waals surface area contributed by atoms with Gasteiger partial charge in [0.2, 0.25) is 5.91 Å². The molecule has 1 aromatic rings. The summed E-state index contributed by atoms with van der Waals surface area (Å²) in [6.07, 6.45) is 4.13. The van der Waals surface area contributed by atoms with Crippen LogP contribution in [0.4, 0.5) is 5.69 Å². The smallest absolute Gasteiger partial charge is 0.228 e. The van der Waals surface area contributed by atoms with Crippen LogP contribution in [0.3, 0.4) is 0 Å². The molecule has 0 radical (unpaired) electrons. The number of rotatable bonds is 2. The zero-order valence-electron chi connectivity index (χ0n) is 10.1. The zero-order valence-corrected chi connectivity index (χ0v) is 11.7. The summed E-state index contributed by atoms with van der Waals surface area (Å²) in [6, 6.07) is 7.85. The third kappa shape index (κ3) is 1.56. The van der Waals surface area contributed by atoms with Crippen molar-refractivity contribution in [2.45, 2.75) is 19.3 Å². The van der Waals surface area contributed by atoms with E-state index in [-0.39, 0.29) is 5.91 Å². The molecule has 1 amide bonds. The van der Waals surface area contributed by atoms with Gasteiger partial charge in [-0.05, 0) is 61.1 Å². The normalized spacial score (nSPS) is 39.5. The highest BCUT2D eigenvalue weighted by Gasteiger charge is 2.67. The molecule has 2 bridgehead atoms. The van der Waals surface area contributed by atoms with Crippen molar-refractivity contribution >= 4 is 27.5 Å². The van der Waals surface area contributed by atoms with Gasteiger partial charge in [-0.15, -0.1) is 0 Å². The molecule has 18 heavy (non-hydrogen) atoms. The number of benzene rings is 1. The van der Waals surface area contributed by atoms with Gasteiger partial charge in [-0.25, -0.2) is 0 Å². The van der Waals surface area contributed by atoms with Gasteiger partial charge in [-0.1, -0.05) is 22.0 Å². The lowest BCUT2D eigenvalue weighted by molar-refractivity contribution is -0.118. The maximum absolute atomic E-state index is 12.3. The molecule has 0 heterocycles. The first kappa shape index (κ1) is 11.0. The first-order valence-corrected chi connectivity index (χ1v) is 7.60. The van der Waals surface area contributed by atoms with E-state index >= 15 is 0 Å². The molecular formula is C15H16BrNO. The molecule has 5 atom stereocenters. The van der Waals surface area contributed by atoms with Gasteiger partial charge in [0.15, 0.2) is 0 Å². The number of fused-ring (bicyclic) bond motifs is 5. The Bertz CT molecular complexity index is 499. The van der Waals surface area contributed by atoms with Crippen LogP contribution >= 0.6 is 15.9 Å². The fourth-order valence-corrected chi connectivity index (χ4v) is 4.87. The highest BCUT2D eigenvalue weighted by atomic mass is 79.9. The average molecular weight is 306 g/mol. The molecule has 94 valence electrons. The Kier molecular flexibility index (Phi) is 2.35. The summed E-state index contributed by atoms with van der Waals surface area (Å²) >= 11 is 3.43. The van der Waals surface area contributed by atoms with E-state index in [2.05, 4.69) is 21.2 Å². The van der Waals surface area contributed by atoms with Gasteiger partial charge in [-0.2, -0.15) is 0 Å². The standard InChI is InChI=1S/C15H16BrNO/c16-10-2-1-3-11(7-10)17-15(18)14-12-8-4-5-9(6-8)13(12)14/h1-3,7-9,12-14H,4-6H2,(H,17,18)/t8-,9+,12+,13-,14?. The van der Waals surface area contributed by atoms with Crippen LogP contribution in [0, 0.1) is 29.6 Å². The van der Waals surface area contributed by atoms with Crippen molar-refractivity contribution in [2.75, 3.05) is 5.32 Å². The maximum atomic E-state index is 12.3. The van der Waals surface area contributed by atoms with E-state index in [1.807, 2.05) is 24.3 Å². The molecule has 1 unspecified atom stereocenters. The van der Waals surface area contributed by atoms with Crippen LogP contribution in [0.1, 0.15) is 19.3 Å². The van der Waals surface area contributed by atoms with E-state index in [0.717, 1.165) is 33.8 Å². The number of hydrogen-bond donors (Lipinski definition) is 1. The molecule has 3 aliphatic carbocycles. The first-order valence-electron chi connectivity index (χ1n) is 6.80. The molecule has 0 saturated heterocycles. The summed E-state index contributed by atoms with van der Waals surface area (Å²) in [5, 5.41) is 3.07. The SMILES string of the molecule is O=C(Nc1cccc(Br)c1)C1[C@@H]2[C@H]3CC[C@H](C3)[C@H]12. The Balaban J connectivity index is 1.47. The fourth-order valence-electron chi connectivity index (χ4n) is 4.47. The fraction of sp³-hybridized carbons (Fsp3) is 0.533. The summed E-state index contributed by atoms with van der Waals surface area (Å²) in [4.78, 5) is 12.3. The van der Waals surface area contributed by atoms with E-state index in [0.29, 0.717) is 5.92 Å². The van der Waals surface area contributed by atoms with Gasteiger partial charge >= 0.3 is 0 Å². The number of amides is 1. The Morgan fingerprint density at radius 1 is 1.22 bits per heavy atom. The largest absolute Gasteiger partial charge is 0.326 e. The van der Waals surface area contributed by atoms with Crippen LogP contribution in [0.2, 0.25) is 0 Å². The van der Waals surface area contributed by atoms with Crippen LogP contribution in [-0.2, 0) is 4.79 Å². The molecule has 4 rings (SSSR count). The predicted molar refractivity (Wildman–Crippen MR) is 74.1 cm³/mol. The van der Waals surface area contributed by atoms with Gasteiger partial charge in [0.1, 0.15) is 0 Å². The Hall–Kier alpha value is -0.830. The quantitative estimate of drug-likeness (QED) is 0.887. The molecule has 3 aliphatic rings. The second-order valence-corrected chi connectivity index (χ2v) is 6.93. The van der Waals surface area contributed by atoms with Crippen LogP contribution < -0.4 is 5.32 Å². The molecule has 3 fully saturated rings. The van der Waals surface area contributed by atoms with Gasteiger partial charge < -0.3 is 5.32 Å². The van der Waals surface area contributed by atoms with E-state index < -0.39 is 0 Å². The minimum atomic E-state index is 0.250. The number of carbonyl (C=O) groups is 1. The number of hydrogen-bond acceptors (Lipinski definition) is 1. The third-order valence-corrected chi connectivity index (χ3v) is 5.62. The van der Waals surface area contributed by atoms with Crippen molar-refractivity contribution in [3.8, 4) is 0 Å². The molecule has 1 aromatic carbocycles. The first-order chi connectivity index (χ1) is 8.74. The number of nitrogens with one attached hydrogen (secondary N) is 1. The van der Waals surface area contributed by atoms with Gasteiger partial charge in [0.25, 0.3) is 0 Å². The second-order valence-electron chi connectivity index (χ2n) is 6.01. The highest BCUT2D eigenvalue weighted by molar-refractivity contribution is 9.10. The van der Waals surface area contributed by atoms with Crippen molar-refractivity contribution < 1.29 is 4.79 Å². The van der Waals surface area contributed by atoms with Crippen molar-refractivity contribution in [3.63, 3.8) is 0 Å². The Morgan fingerprint density at radius 3 is 2.61 bits per heavy atom. The highest BCUT2D eigenvalue weighted by Crippen LogP contribution is 2.69. The third-order valence-electron chi connectivity index (χ3n) is 5.13. The van der Waals surface area contributed by atoms with Crippen LogP contribution in [0.5, 0.6) is 0 Å². The van der Waals surface area contributed by atoms with E-state index in [1.54, 1.807) is 0 Å². The minimum Gasteiger partial charge on any atom is -0.326 e. The van der Waals surface area contributed by atoms with Crippen molar-refractivity contribution in [2.24, 2.45) is 29.6 Å². The number of anilines is 1. The van der Waals surface area contributed by atoms with E-state index in [4.69, 9.17) is 0 Å². The molecule has 0 spiro atoms. The molecule has 1 N–H and O–H groups in total. The van der Waals surface area contributed by atoms with Crippen LogP contribution in [0.15, 0.2) is 28.7 Å². The average Bonchev–Trinajstić information content (AvgIpc) is 2.79. The van der Waals surface area contributed by atoms with Crippen molar-refractivity contribution in [3.05, 3.63) is 28.7 Å². The summed E-state index contributed by atoms with van der Waals surface area (Å²) in [5.74, 6) is 3.72. The van der Waals surface area contributed by atoms with Crippen molar-refractivity contribution in [1.82, 2.24) is 0 Å². The molecule has 3 heteroatoms.